The molecular formula is C27H34Cl2N2O2. The highest BCUT2D eigenvalue weighted by Gasteiger charge is 2.17. The number of ether oxygens (including phenoxy) is 2. The van der Waals surface area contributed by atoms with Gasteiger partial charge in [-0.3, -0.25) is 0 Å². The number of halogens is 2. The largest absolute Gasteiger partial charge is 0.496 e. The van der Waals surface area contributed by atoms with E-state index in [1.165, 1.54) is 11.1 Å². The van der Waals surface area contributed by atoms with E-state index in [9.17, 15) is 0 Å². The van der Waals surface area contributed by atoms with Crippen molar-refractivity contribution in [2.24, 2.45) is 0 Å². The van der Waals surface area contributed by atoms with Crippen molar-refractivity contribution in [1.29, 1.82) is 0 Å². The first-order valence-electron chi connectivity index (χ1n) is 11.2. The number of piperazine rings is 1. The normalized spacial score (nSPS) is 14.1. The summed E-state index contributed by atoms with van der Waals surface area (Å²) in [6.45, 7) is 6.63. The summed E-state index contributed by atoms with van der Waals surface area (Å²) in [7, 11) is 1.75. The Balaban J connectivity index is 0.00000193. The summed E-state index contributed by atoms with van der Waals surface area (Å²) in [4.78, 5) is 5.13. The lowest BCUT2D eigenvalue weighted by Gasteiger charge is -2.34. The van der Waals surface area contributed by atoms with Crippen LogP contribution in [0.4, 0.5) is 0 Å². The maximum absolute atomic E-state index is 6.12. The maximum atomic E-state index is 6.12. The Morgan fingerprint density at radius 1 is 0.606 bits per heavy atom. The predicted molar refractivity (Wildman–Crippen MR) is 141 cm³/mol. The van der Waals surface area contributed by atoms with E-state index >= 15 is 0 Å². The number of methoxy groups -OCH3 is 1. The molecule has 33 heavy (non-hydrogen) atoms. The average Bonchev–Trinajstić information content (AvgIpc) is 2.84. The van der Waals surface area contributed by atoms with Gasteiger partial charge in [0, 0.05) is 39.3 Å². The predicted octanol–water partition coefficient (Wildman–Crippen LogP) is 5.73. The first-order valence-corrected chi connectivity index (χ1v) is 11.2. The highest BCUT2D eigenvalue weighted by atomic mass is 35.5. The fourth-order valence-electron chi connectivity index (χ4n) is 4.13. The smallest absolute Gasteiger partial charge is 0.130 e. The van der Waals surface area contributed by atoms with Gasteiger partial charge in [-0.25, -0.2) is 0 Å². The van der Waals surface area contributed by atoms with E-state index in [4.69, 9.17) is 9.47 Å². The van der Waals surface area contributed by atoms with E-state index in [1.807, 2.05) is 48.5 Å². The summed E-state index contributed by atoms with van der Waals surface area (Å²) < 4.78 is 11.6. The van der Waals surface area contributed by atoms with E-state index in [-0.39, 0.29) is 24.8 Å². The topological polar surface area (TPSA) is 24.9 Å². The molecule has 0 bridgehead atoms. The summed E-state index contributed by atoms with van der Waals surface area (Å²) in [5.74, 6) is 2.85. The Kier molecular flexibility index (Phi) is 11.6. The van der Waals surface area contributed by atoms with Crippen molar-refractivity contribution in [2.75, 3.05) is 46.4 Å². The molecular weight excluding hydrogens is 455 g/mol. The van der Waals surface area contributed by atoms with Gasteiger partial charge in [-0.2, -0.15) is 0 Å². The molecule has 0 amide bonds. The molecule has 0 N–H and O–H groups in total. The summed E-state index contributed by atoms with van der Waals surface area (Å²) in [6.07, 6.45) is 2.04. The Labute approximate surface area is 210 Å². The molecule has 4 nitrogen and oxygen atoms in total. The zero-order chi connectivity index (χ0) is 21.3. The van der Waals surface area contributed by atoms with Crippen LogP contribution in [-0.2, 0) is 12.8 Å². The Bertz CT molecular complexity index is 948. The second-order valence-electron chi connectivity index (χ2n) is 8.02. The van der Waals surface area contributed by atoms with Crippen molar-refractivity contribution in [3.63, 3.8) is 0 Å². The molecule has 0 saturated carbocycles. The van der Waals surface area contributed by atoms with Crippen LogP contribution in [0.3, 0.4) is 0 Å². The summed E-state index contributed by atoms with van der Waals surface area (Å²) in [5.41, 5.74) is 2.56. The summed E-state index contributed by atoms with van der Waals surface area (Å²) in [6, 6.07) is 26.8. The zero-order valence-electron chi connectivity index (χ0n) is 19.2. The molecule has 178 valence electrons. The van der Waals surface area contributed by atoms with Gasteiger partial charge < -0.3 is 19.3 Å². The zero-order valence-corrected chi connectivity index (χ0v) is 20.8. The molecule has 0 spiro atoms. The SMILES string of the molecule is COc1ccccc1CCN1CCN(CCc2ccccc2Oc2ccccc2)CC1.Cl.Cl. The molecule has 0 aliphatic carbocycles. The molecule has 1 heterocycles. The van der Waals surface area contributed by atoms with Crippen LogP contribution in [0.1, 0.15) is 11.1 Å². The lowest BCUT2D eigenvalue weighted by molar-refractivity contribution is 0.134. The minimum Gasteiger partial charge on any atom is -0.496 e. The monoisotopic (exact) mass is 488 g/mol. The third-order valence-electron chi connectivity index (χ3n) is 6.00. The molecule has 1 aliphatic heterocycles. The second kappa shape index (κ2) is 14.1. The molecule has 6 heteroatoms. The van der Waals surface area contributed by atoms with Gasteiger partial charge in [0.1, 0.15) is 17.2 Å². The molecule has 1 fully saturated rings. The van der Waals surface area contributed by atoms with Crippen molar-refractivity contribution in [2.45, 2.75) is 12.8 Å². The van der Waals surface area contributed by atoms with Crippen LogP contribution in [0, 0.1) is 0 Å². The van der Waals surface area contributed by atoms with Crippen molar-refractivity contribution >= 4 is 24.8 Å². The van der Waals surface area contributed by atoms with Gasteiger partial charge in [0.2, 0.25) is 0 Å². The molecule has 0 radical (unpaired) electrons. The van der Waals surface area contributed by atoms with Crippen molar-refractivity contribution in [1.82, 2.24) is 9.80 Å². The Morgan fingerprint density at radius 2 is 1.06 bits per heavy atom. The molecule has 1 aliphatic rings. The van der Waals surface area contributed by atoms with E-state index in [2.05, 4.69) is 40.1 Å². The van der Waals surface area contributed by atoms with E-state index in [0.717, 1.165) is 69.4 Å². The van der Waals surface area contributed by atoms with E-state index in [0.29, 0.717) is 0 Å². The average molecular weight is 489 g/mol. The molecule has 3 aromatic carbocycles. The van der Waals surface area contributed by atoms with Crippen LogP contribution < -0.4 is 9.47 Å². The third kappa shape index (κ3) is 7.94. The Hall–Kier alpha value is -2.24. The van der Waals surface area contributed by atoms with Crippen molar-refractivity contribution in [3.8, 4) is 17.2 Å². The second-order valence-corrected chi connectivity index (χ2v) is 8.02. The van der Waals surface area contributed by atoms with Gasteiger partial charge in [-0.05, 0) is 48.2 Å². The highest BCUT2D eigenvalue weighted by Crippen LogP contribution is 2.25. The number of hydrogen-bond donors (Lipinski definition) is 0. The van der Waals surface area contributed by atoms with E-state index < -0.39 is 0 Å². The first kappa shape index (κ1) is 27.0. The standard InChI is InChI=1S/C27H32N2O2.2ClH/c1-30-26-13-7-5-9-23(26)15-17-28-19-21-29(22-20-28)18-16-24-10-6-8-14-27(24)31-25-11-3-2-4-12-25;;/h2-14H,15-22H2,1H3;2*1H. The van der Waals surface area contributed by atoms with Gasteiger partial charge >= 0.3 is 0 Å². The van der Waals surface area contributed by atoms with Gasteiger partial charge in [0.05, 0.1) is 7.11 Å². The van der Waals surface area contributed by atoms with Crippen molar-refractivity contribution in [3.05, 3.63) is 90.0 Å². The van der Waals surface area contributed by atoms with Crippen LogP contribution in [0.15, 0.2) is 78.9 Å². The molecule has 0 aromatic heterocycles. The first-order chi connectivity index (χ1) is 15.3. The summed E-state index contributed by atoms with van der Waals surface area (Å²) in [5, 5.41) is 0. The summed E-state index contributed by atoms with van der Waals surface area (Å²) >= 11 is 0. The fraction of sp³-hybridized carbons (Fsp3) is 0.333. The lowest BCUT2D eigenvalue weighted by Crippen LogP contribution is -2.47. The molecule has 0 unspecified atom stereocenters. The Morgan fingerprint density at radius 3 is 1.61 bits per heavy atom. The van der Waals surface area contributed by atoms with Crippen LogP contribution >= 0.6 is 24.8 Å². The van der Waals surface area contributed by atoms with Gasteiger partial charge in [-0.15, -0.1) is 24.8 Å². The highest BCUT2D eigenvalue weighted by molar-refractivity contribution is 5.85. The van der Waals surface area contributed by atoms with E-state index in [1.54, 1.807) is 7.11 Å². The fourth-order valence-corrected chi connectivity index (χ4v) is 4.13. The number of hydrogen-bond acceptors (Lipinski definition) is 4. The van der Waals surface area contributed by atoms with Gasteiger partial charge in [0.25, 0.3) is 0 Å². The van der Waals surface area contributed by atoms with Crippen LogP contribution in [0.2, 0.25) is 0 Å². The molecule has 1 saturated heterocycles. The van der Waals surface area contributed by atoms with Gasteiger partial charge in [0.15, 0.2) is 0 Å². The third-order valence-corrected chi connectivity index (χ3v) is 6.00. The van der Waals surface area contributed by atoms with Gasteiger partial charge in [-0.1, -0.05) is 54.6 Å². The van der Waals surface area contributed by atoms with Crippen LogP contribution in [0.25, 0.3) is 0 Å². The minimum atomic E-state index is 0. The maximum Gasteiger partial charge on any atom is 0.130 e. The number of para-hydroxylation sites is 3. The van der Waals surface area contributed by atoms with Crippen LogP contribution in [0.5, 0.6) is 17.2 Å². The molecule has 0 atom stereocenters. The quantitative estimate of drug-likeness (QED) is 0.383. The molecule has 3 aromatic rings. The van der Waals surface area contributed by atoms with Crippen LogP contribution in [-0.4, -0.2) is 56.2 Å². The minimum absolute atomic E-state index is 0. The molecule has 4 rings (SSSR count). The lowest BCUT2D eigenvalue weighted by atomic mass is 10.1. The number of rotatable bonds is 9. The van der Waals surface area contributed by atoms with Crippen molar-refractivity contribution < 1.29 is 9.47 Å². The number of benzene rings is 3. The number of nitrogens with zero attached hydrogens (tertiary/aromatic N) is 2.